The third-order valence-electron chi connectivity index (χ3n) is 4.08. The summed E-state index contributed by atoms with van der Waals surface area (Å²) in [6.07, 6.45) is 0. The van der Waals surface area contributed by atoms with Gasteiger partial charge >= 0.3 is 0 Å². The molecule has 8 nitrogen and oxygen atoms in total. The Kier molecular flexibility index (Phi) is 6.17. The number of nitrogens with zero attached hydrogens (tertiary/aromatic N) is 3. The van der Waals surface area contributed by atoms with Gasteiger partial charge in [0.05, 0.1) is 28.9 Å². The van der Waals surface area contributed by atoms with E-state index in [9.17, 15) is 14.9 Å². The molecule has 0 aliphatic heterocycles. The Hall–Kier alpha value is -3.04. The zero-order valence-corrected chi connectivity index (χ0v) is 16.3. The van der Waals surface area contributed by atoms with Crippen molar-refractivity contribution in [1.29, 1.82) is 0 Å². The topological polar surface area (TPSA) is 96.0 Å². The van der Waals surface area contributed by atoms with Gasteiger partial charge in [-0.1, -0.05) is 23.5 Å². The number of rotatable bonds is 7. The van der Waals surface area contributed by atoms with Crippen LogP contribution in [0.3, 0.4) is 0 Å². The molecule has 0 atom stereocenters. The molecule has 0 radical (unpaired) electrons. The third kappa shape index (κ3) is 4.10. The van der Waals surface area contributed by atoms with Crippen LogP contribution < -0.4 is 9.54 Å². The van der Waals surface area contributed by atoms with Crippen molar-refractivity contribution < 1.29 is 19.2 Å². The van der Waals surface area contributed by atoms with Crippen molar-refractivity contribution in [2.24, 2.45) is 4.99 Å². The van der Waals surface area contributed by atoms with Crippen LogP contribution in [0, 0.1) is 10.1 Å². The van der Waals surface area contributed by atoms with Crippen molar-refractivity contribution in [3.05, 3.63) is 62.9 Å². The third-order valence-corrected chi connectivity index (χ3v) is 5.12. The van der Waals surface area contributed by atoms with Gasteiger partial charge in [0.15, 0.2) is 4.80 Å². The predicted molar refractivity (Wildman–Crippen MR) is 106 cm³/mol. The second-order valence-electron chi connectivity index (χ2n) is 5.76. The molecule has 3 rings (SSSR count). The van der Waals surface area contributed by atoms with Gasteiger partial charge in [-0.15, -0.1) is 0 Å². The lowest BCUT2D eigenvalue weighted by Crippen LogP contribution is -2.20. The van der Waals surface area contributed by atoms with E-state index in [-0.39, 0.29) is 11.3 Å². The molecule has 0 aliphatic rings. The Morgan fingerprint density at radius 3 is 2.79 bits per heavy atom. The Balaban J connectivity index is 2.11. The molecule has 0 fully saturated rings. The second-order valence-corrected chi connectivity index (χ2v) is 6.77. The molecule has 0 N–H and O–H groups in total. The zero-order valence-electron chi connectivity index (χ0n) is 15.5. The van der Waals surface area contributed by atoms with Crippen LogP contribution in [0.5, 0.6) is 5.75 Å². The first-order valence-corrected chi connectivity index (χ1v) is 9.44. The highest BCUT2D eigenvalue weighted by molar-refractivity contribution is 7.16. The molecule has 1 heterocycles. The summed E-state index contributed by atoms with van der Waals surface area (Å²) in [7, 11) is 1.58. The van der Waals surface area contributed by atoms with Crippen molar-refractivity contribution in [1.82, 2.24) is 4.57 Å². The number of carbonyl (C=O) groups is 1. The van der Waals surface area contributed by atoms with E-state index >= 15 is 0 Å². The van der Waals surface area contributed by atoms with Crippen molar-refractivity contribution in [2.45, 2.75) is 13.5 Å². The van der Waals surface area contributed by atoms with E-state index in [0.717, 1.165) is 10.2 Å². The zero-order chi connectivity index (χ0) is 20.1. The van der Waals surface area contributed by atoms with Crippen LogP contribution in [0.15, 0.2) is 47.5 Å². The molecule has 0 saturated heterocycles. The van der Waals surface area contributed by atoms with E-state index in [1.165, 1.54) is 29.5 Å². The summed E-state index contributed by atoms with van der Waals surface area (Å²) in [6, 6.07) is 11.4. The number of thiazole rings is 1. The van der Waals surface area contributed by atoms with Gasteiger partial charge in [0.2, 0.25) is 0 Å². The predicted octanol–water partition coefficient (Wildman–Crippen LogP) is 3.40. The van der Waals surface area contributed by atoms with Crippen LogP contribution in [0.2, 0.25) is 0 Å². The summed E-state index contributed by atoms with van der Waals surface area (Å²) < 4.78 is 13.5. The number of nitro benzene ring substituents is 1. The van der Waals surface area contributed by atoms with E-state index in [1.54, 1.807) is 13.2 Å². The molecule has 1 amide bonds. The van der Waals surface area contributed by atoms with Gasteiger partial charge in [-0.05, 0) is 31.2 Å². The van der Waals surface area contributed by atoms with Crippen LogP contribution in [-0.4, -0.2) is 35.7 Å². The molecule has 9 heteroatoms. The van der Waals surface area contributed by atoms with Crippen LogP contribution in [-0.2, 0) is 11.3 Å². The summed E-state index contributed by atoms with van der Waals surface area (Å²) in [5, 5.41) is 11.2. The standard InChI is InChI=1S/C19H19N3O5S/c1-3-27-11-10-21-16-9-8-13(26-2)12-17(16)28-19(21)20-18(23)14-6-4-5-7-15(14)22(24)25/h4-9,12H,3,10-11H2,1-2H3. The van der Waals surface area contributed by atoms with Crippen molar-refractivity contribution in [2.75, 3.05) is 20.3 Å². The average molecular weight is 401 g/mol. The molecule has 2 aromatic carbocycles. The lowest BCUT2D eigenvalue weighted by atomic mass is 10.2. The highest BCUT2D eigenvalue weighted by Crippen LogP contribution is 2.24. The fourth-order valence-corrected chi connectivity index (χ4v) is 3.83. The van der Waals surface area contributed by atoms with Gasteiger partial charge in [-0.2, -0.15) is 4.99 Å². The minimum atomic E-state index is -0.656. The quantitative estimate of drug-likeness (QED) is 0.343. The van der Waals surface area contributed by atoms with Gasteiger partial charge in [0.1, 0.15) is 11.3 Å². The monoisotopic (exact) mass is 401 g/mol. The first-order valence-electron chi connectivity index (χ1n) is 8.62. The Morgan fingerprint density at radius 2 is 2.07 bits per heavy atom. The van der Waals surface area contributed by atoms with E-state index < -0.39 is 10.8 Å². The van der Waals surface area contributed by atoms with Crippen LogP contribution in [0.25, 0.3) is 10.2 Å². The highest BCUT2D eigenvalue weighted by Gasteiger charge is 2.19. The fraction of sp³-hybridized carbons (Fsp3) is 0.263. The van der Waals surface area contributed by atoms with E-state index in [1.807, 2.05) is 29.7 Å². The van der Waals surface area contributed by atoms with Crippen molar-refractivity contribution >= 4 is 33.1 Å². The summed E-state index contributed by atoms with van der Waals surface area (Å²) in [6.45, 7) is 3.45. The van der Waals surface area contributed by atoms with Gasteiger partial charge < -0.3 is 14.0 Å². The Morgan fingerprint density at radius 1 is 1.29 bits per heavy atom. The van der Waals surface area contributed by atoms with Crippen LogP contribution >= 0.6 is 11.3 Å². The molecule has 0 aliphatic carbocycles. The van der Waals surface area contributed by atoms with Gasteiger partial charge in [0.25, 0.3) is 11.6 Å². The maximum Gasteiger partial charge on any atom is 0.286 e. The number of fused-ring (bicyclic) bond motifs is 1. The van der Waals surface area contributed by atoms with E-state index in [4.69, 9.17) is 9.47 Å². The smallest absolute Gasteiger partial charge is 0.286 e. The maximum atomic E-state index is 12.7. The number of hydrogen-bond acceptors (Lipinski definition) is 6. The summed E-state index contributed by atoms with van der Waals surface area (Å²) in [5.41, 5.74) is 0.582. The van der Waals surface area contributed by atoms with Crippen LogP contribution in [0.1, 0.15) is 17.3 Å². The van der Waals surface area contributed by atoms with Gasteiger partial charge in [0, 0.05) is 19.2 Å². The molecule has 0 spiro atoms. The van der Waals surface area contributed by atoms with E-state index in [2.05, 4.69) is 4.99 Å². The molecule has 1 aromatic heterocycles. The maximum absolute atomic E-state index is 12.7. The van der Waals surface area contributed by atoms with Crippen molar-refractivity contribution in [3.63, 3.8) is 0 Å². The molecular formula is C19H19N3O5S. The summed E-state index contributed by atoms with van der Waals surface area (Å²) in [5.74, 6) is 0.0401. The molecule has 146 valence electrons. The first-order chi connectivity index (χ1) is 13.5. The Bertz CT molecular complexity index is 1090. The number of aromatic nitrogens is 1. The summed E-state index contributed by atoms with van der Waals surface area (Å²) >= 11 is 1.32. The van der Waals surface area contributed by atoms with Crippen molar-refractivity contribution in [3.8, 4) is 5.75 Å². The molecule has 0 unspecified atom stereocenters. The minimum absolute atomic E-state index is 0.0427. The highest BCUT2D eigenvalue weighted by atomic mass is 32.1. The average Bonchev–Trinajstić information content (AvgIpc) is 3.04. The fourth-order valence-electron chi connectivity index (χ4n) is 2.74. The molecule has 0 saturated carbocycles. The Labute approximate surface area is 164 Å². The number of hydrogen-bond donors (Lipinski definition) is 0. The lowest BCUT2D eigenvalue weighted by molar-refractivity contribution is -0.385. The number of benzene rings is 2. The molecule has 3 aromatic rings. The molecular weight excluding hydrogens is 382 g/mol. The van der Waals surface area contributed by atoms with Gasteiger partial charge in [-0.25, -0.2) is 0 Å². The SMILES string of the molecule is CCOCCn1c(=NC(=O)c2ccccc2[N+](=O)[O-])sc2cc(OC)ccc21. The minimum Gasteiger partial charge on any atom is -0.497 e. The molecule has 0 bridgehead atoms. The first kappa shape index (κ1) is 19.7. The van der Waals surface area contributed by atoms with Gasteiger partial charge in [-0.3, -0.25) is 14.9 Å². The molecule has 28 heavy (non-hydrogen) atoms. The number of ether oxygens (including phenoxy) is 2. The lowest BCUT2D eigenvalue weighted by Gasteiger charge is -2.06. The largest absolute Gasteiger partial charge is 0.497 e. The number of nitro groups is 1. The number of carbonyl (C=O) groups excluding carboxylic acids is 1. The summed E-state index contributed by atoms with van der Waals surface area (Å²) in [4.78, 5) is 28.0. The number of para-hydroxylation sites is 1. The van der Waals surface area contributed by atoms with E-state index in [0.29, 0.717) is 30.3 Å². The normalized spacial score (nSPS) is 11.7. The van der Waals surface area contributed by atoms with Crippen LogP contribution in [0.4, 0.5) is 5.69 Å². The number of amides is 1. The number of methoxy groups -OCH3 is 1. The second kappa shape index (κ2) is 8.77.